The van der Waals surface area contributed by atoms with E-state index < -0.39 is 0 Å². The van der Waals surface area contributed by atoms with E-state index in [1.165, 1.54) is 43.5 Å². The second kappa shape index (κ2) is 7.62. The first kappa shape index (κ1) is 14.5. The predicted molar refractivity (Wildman–Crippen MR) is 75.1 cm³/mol. The Hall–Kier alpha value is -1.91. The Balaban J connectivity index is 1.67. The van der Waals surface area contributed by atoms with Crippen LogP contribution in [-0.2, 0) is 4.79 Å². The van der Waals surface area contributed by atoms with Crippen LogP contribution in [0.25, 0.3) is 0 Å². The lowest BCUT2D eigenvalue weighted by Crippen LogP contribution is -2.25. The van der Waals surface area contributed by atoms with Gasteiger partial charge in [-0.2, -0.15) is 5.10 Å². The summed E-state index contributed by atoms with van der Waals surface area (Å²) in [4.78, 5) is 11.5. The van der Waals surface area contributed by atoms with Gasteiger partial charge in [-0.25, -0.2) is 9.82 Å². The topological polar surface area (TPSA) is 50.7 Å². The summed E-state index contributed by atoms with van der Waals surface area (Å²) in [6.45, 7) is -0.131. The van der Waals surface area contributed by atoms with Crippen LogP contribution in [0, 0.1) is 11.7 Å². The van der Waals surface area contributed by atoms with Crippen molar-refractivity contribution in [3.63, 3.8) is 0 Å². The zero-order chi connectivity index (χ0) is 14.2. The van der Waals surface area contributed by atoms with Gasteiger partial charge in [-0.15, -0.1) is 0 Å². The first-order chi connectivity index (χ1) is 9.74. The van der Waals surface area contributed by atoms with Crippen LogP contribution >= 0.6 is 0 Å². The SMILES string of the molecule is O=C(COc1ccc(F)cc1)N/N=C/C1CCCCC1. The molecule has 0 aromatic heterocycles. The van der Waals surface area contributed by atoms with Crippen molar-refractivity contribution >= 4 is 12.1 Å². The van der Waals surface area contributed by atoms with Gasteiger partial charge in [0.25, 0.3) is 5.91 Å². The molecule has 1 aromatic carbocycles. The first-order valence-electron chi connectivity index (χ1n) is 6.94. The van der Waals surface area contributed by atoms with Gasteiger partial charge in [0.05, 0.1) is 0 Å². The number of hydrogen-bond acceptors (Lipinski definition) is 3. The van der Waals surface area contributed by atoms with E-state index in [0.717, 1.165) is 12.8 Å². The van der Waals surface area contributed by atoms with Crippen molar-refractivity contribution in [2.75, 3.05) is 6.61 Å². The lowest BCUT2D eigenvalue weighted by Gasteiger charge is -2.16. The first-order valence-corrected chi connectivity index (χ1v) is 6.94. The number of hydrazone groups is 1. The highest BCUT2D eigenvalue weighted by atomic mass is 19.1. The van der Waals surface area contributed by atoms with Gasteiger partial charge in [0.2, 0.25) is 0 Å². The largest absolute Gasteiger partial charge is 0.484 e. The van der Waals surface area contributed by atoms with Crippen molar-refractivity contribution in [3.8, 4) is 5.75 Å². The summed E-state index contributed by atoms with van der Waals surface area (Å²) in [7, 11) is 0. The molecule has 1 amide bonds. The molecule has 0 aliphatic heterocycles. The Morgan fingerprint density at radius 2 is 2.00 bits per heavy atom. The maximum atomic E-state index is 12.7. The zero-order valence-corrected chi connectivity index (χ0v) is 11.3. The molecule has 1 aliphatic carbocycles. The van der Waals surface area contributed by atoms with E-state index in [-0.39, 0.29) is 18.3 Å². The predicted octanol–water partition coefficient (Wildman–Crippen LogP) is 2.89. The summed E-state index contributed by atoms with van der Waals surface area (Å²) < 4.78 is 17.9. The number of rotatable bonds is 5. The highest BCUT2D eigenvalue weighted by molar-refractivity contribution is 5.78. The number of carbonyl (C=O) groups is 1. The normalized spacial score (nSPS) is 16.2. The fourth-order valence-electron chi connectivity index (χ4n) is 2.21. The molecule has 0 spiro atoms. The molecule has 1 saturated carbocycles. The fraction of sp³-hybridized carbons (Fsp3) is 0.467. The molecule has 5 heteroatoms. The Morgan fingerprint density at radius 1 is 1.30 bits per heavy atom. The van der Waals surface area contributed by atoms with Crippen molar-refractivity contribution in [2.45, 2.75) is 32.1 Å². The van der Waals surface area contributed by atoms with Crippen LogP contribution in [0.2, 0.25) is 0 Å². The zero-order valence-electron chi connectivity index (χ0n) is 11.3. The summed E-state index contributed by atoms with van der Waals surface area (Å²) in [5.41, 5.74) is 2.44. The third kappa shape index (κ3) is 4.99. The van der Waals surface area contributed by atoms with E-state index in [0.29, 0.717) is 11.7 Å². The molecular formula is C15H19FN2O2. The van der Waals surface area contributed by atoms with Gasteiger partial charge in [0.1, 0.15) is 11.6 Å². The molecule has 0 heterocycles. The van der Waals surface area contributed by atoms with Crippen molar-refractivity contribution in [1.29, 1.82) is 0 Å². The maximum Gasteiger partial charge on any atom is 0.277 e. The van der Waals surface area contributed by atoms with Gasteiger partial charge in [-0.05, 0) is 43.0 Å². The summed E-state index contributed by atoms with van der Waals surface area (Å²) in [5.74, 6) is 0.278. The maximum absolute atomic E-state index is 12.7. The van der Waals surface area contributed by atoms with E-state index in [1.54, 1.807) is 0 Å². The monoisotopic (exact) mass is 278 g/mol. The minimum Gasteiger partial charge on any atom is -0.484 e. The number of nitrogens with zero attached hydrogens (tertiary/aromatic N) is 1. The van der Waals surface area contributed by atoms with Crippen molar-refractivity contribution in [1.82, 2.24) is 5.43 Å². The summed E-state index contributed by atoms with van der Waals surface area (Å²) in [6, 6.07) is 5.53. The highest BCUT2D eigenvalue weighted by Crippen LogP contribution is 2.21. The van der Waals surface area contributed by atoms with Crippen LogP contribution in [0.15, 0.2) is 29.4 Å². The van der Waals surface area contributed by atoms with Gasteiger partial charge >= 0.3 is 0 Å². The minimum atomic E-state index is -0.334. The highest BCUT2D eigenvalue weighted by Gasteiger charge is 2.10. The standard InChI is InChI=1S/C15H19FN2O2/c16-13-6-8-14(9-7-13)20-11-15(19)18-17-10-12-4-2-1-3-5-12/h6-10,12H,1-5,11H2,(H,18,19)/b17-10+. The molecule has 0 saturated heterocycles. The van der Waals surface area contributed by atoms with Crippen molar-refractivity contribution < 1.29 is 13.9 Å². The third-order valence-electron chi connectivity index (χ3n) is 3.31. The molecule has 0 bridgehead atoms. The Bertz CT molecular complexity index is 453. The van der Waals surface area contributed by atoms with Gasteiger partial charge in [0.15, 0.2) is 6.61 Å². The molecule has 0 atom stereocenters. The van der Waals surface area contributed by atoms with E-state index in [9.17, 15) is 9.18 Å². The van der Waals surface area contributed by atoms with Crippen LogP contribution in [-0.4, -0.2) is 18.7 Å². The van der Waals surface area contributed by atoms with E-state index >= 15 is 0 Å². The molecule has 108 valence electrons. The lowest BCUT2D eigenvalue weighted by molar-refractivity contribution is -0.123. The van der Waals surface area contributed by atoms with Crippen molar-refractivity contribution in [2.24, 2.45) is 11.0 Å². The van der Waals surface area contributed by atoms with Crippen LogP contribution in [0.3, 0.4) is 0 Å². The average Bonchev–Trinajstić information content (AvgIpc) is 2.48. The van der Waals surface area contributed by atoms with E-state index in [2.05, 4.69) is 10.5 Å². The molecule has 1 aliphatic rings. The van der Waals surface area contributed by atoms with Crippen molar-refractivity contribution in [3.05, 3.63) is 30.1 Å². The van der Waals surface area contributed by atoms with Crippen LogP contribution in [0.1, 0.15) is 32.1 Å². The Labute approximate surface area is 118 Å². The molecule has 4 nitrogen and oxygen atoms in total. The number of carbonyl (C=O) groups excluding carboxylic acids is 1. The van der Waals surface area contributed by atoms with Gasteiger partial charge in [-0.3, -0.25) is 4.79 Å². The molecule has 1 aromatic rings. The van der Waals surface area contributed by atoms with Crippen LogP contribution < -0.4 is 10.2 Å². The lowest BCUT2D eigenvalue weighted by atomic mass is 9.90. The number of benzene rings is 1. The second-order valence-electron chi connectivity index (χ2n) is 4.95. The quantitative estimate of drug-likeness (QED) is 0.665. The minimum absolute atomic E-state index is 0.131. The smallest absolute Gasteiger partial charge is 0.277 e. The molecule has 2 rings (SSSR count). The molecule has 1 N–H and O–H groups in total. The summed E-state index contributed by atoms with van der Waals surface area (Å²) in [6.07, 6.45) is 7.87. The number of halogens is 1. The molecule has 1 fully saturated rings. The van der Waals surface area contributed by atoms with Gasteiger partial charge in [0, 0.05) is 6.21 Å². The van der Waals surface area contributed by atoms with Crippen LogP contribution in [0.4, 0.5) is 4.39 Å². The number of amides is 1. The summed E-state index contributed by atoms with van der Waals surface area (Å²) in [5, 5.41) is 3.96. The van der Waals surface area contributed by atoms with Gasteiger partial charge < -0.3 is 4.74 Å². The van der Waals surface area contributed by atoms with E-state index in [1.807, 2.05) is 6.21 Å². The Morgan fingerprint density at radius 3 is 2.70 bits per heavy atom. The third-order valence-corrected chi connectivity index (χ3v) is 3.31. The van der Waals surface area contributed by atoms with Crippen LogP contribution in [0.5, 0.6) is 5.75 Å². The summed E-state index contributed by atoms with van der Waals surface area (Å²) >= 11 is 0. The number of nitrogens with one attached hydrogen (secondary N) is 1. The molecule has 20 heavy (non-hydrogen) atoms. The van der Waals surface area contributed by atoms with E-state index in [4.69, 9.17) is 4.74 Å². The number of ether oxygens (including phenoxy) is 1. The van der Waals surface area contributed by atoms with Gasteiger partial charge in [-0.1, -0.05) is 19.3 Å². The molecular weight excluding hydrogens is 259 g/mol. The average molecular weight is 278 g/mol. The second-order valence-corrected chi connectivity index (χ2v) is 4.95. The number of hydrogen-bond donors (Lipinski definition) is 1. The molecule has 0 radical (unpaired) electrons. The fourth-order valence-corrected chi connectivity index (χ4v) is 2.21. The Kier molecular flexibility index (Phi) is 5.53. The molecule has 0 unspecified atom stereocenters.